The van der Waals surface area contributed by atoms with E-state index in [-0.39, 0.29) is 46.7 Å². The second kappa shape index (κ2) is 10.5. The van der Waals surface area contributed by atoms with Gasteiger partial charge in [-0.3, -0.25) is 9.59 Å². The molecule has 1 atom stereocenters. The van der Waals surface area contributed by atoms with Crippen molar-refractivity contribution >= 4 is 27.3 Å². The Labute approximate surface area is 183 Å². The third-order valence-electron chi connectivity index (χ3n) is 4.76. The highest BCUT2D eigenvalue weighted by Gasteiger charge is 2.19. The number of amides is 2. The van der Waals surface area contributed by atoms with Crippen LogP contribution >= 0.6 is 0 Å². The predicted molar refractivity (Wildman–Crippen MR) is 120 cm³/mol. The lowest BCUT2D eigenvalue weighted by atomic mass is 10.1. The number of sulfone groups is 1. The predicted octanol–water partition coefficient (Wildman–Crippen LogP) is 4.02. The molecule has 31 heavy (non-hydrogen) atoms. The number of benzene rings is 2. The third-order valence-corrected chi connectivity index (χ3v) is 6.76. The number of carbonyl (C=O) groups excluding carboxylic acids is 2. The lowest BCUT2D eigenvalue weighted by Crippen LogP contribution is -2.27. The minimum Gasteiger partial charge on any atom is -0.346 e. The minimum absolute atomic E-state index is 0.00317. The Bertz CT molecular complexity index is 1040. The Kier molecular flexibility index (Phi) is 8.33. The normalized spacial score (nSPS) is 12.5. The van der Waals surface area contributed by atoms with Crippen LogP contribution in [0.25, 0.3) is 0 Å². The Morgan fingerprint density at radius 3 is 2.32 bits per heavy atom. The molecule has 6 nitrogen and oxygen atoms in total. The van der Waals surface area contributed by atoms with E-state index in [9.17, 15) is 22.4 Å². The number of rotatable bonds is 9. The van der Waals surface area contributed by atoms with E-state index in [0.29, 0.717) is 0 Å². The fourth-order valence-electron chi connectivity index (χ4n) is 3.10. The summed E-state index contributed by atoms with van der Waals surface area (Å²) in [6.45, 7) is 6.88. The summed E-state index contributed by atoms with van der Waals surface area (Å²) in [7, 11) is -3.35. The Hall–Kier alpha value is -2.74. The first kappa shape index (κ1) is 24.5. The highest BCUT2D eigenvalue weighted by atomic mass is 32.2. The van der Waals surface area contributed by atoms with Crippen LogP contribution in [-0.4, -0.2) is 31.7 Å². The fourth-order valence-corrected chi connectivity index (χ4v) is 4.78. The van der Waals surface area contributed by atoms with Gasteiger partial charge in [0.05, 0.1) is 17.5 Å². The van der Waals surface area contributed by atoms with Crippen LogP contribution in [0.1, 0.15) is 54.7 Å². The molecule has 0 aromatic heterocycles. The van der Waals surface area contributed by atoms with Crippen LogP contribution in [0.15, 0.2) is 42.5 Å². The van der Waals surface area contributed by atoms with Crippen molar-refractivity contribution in [3.05, 3.63) is 65.0 Å². The average molecular weight is 449 g/mol. The SMILES string of the molecule is Cc1c(F)cc(C(=O)NC(C)c2ccccc2)cc1NC(=O)CCS(=O)(=O)CC(C)C. The van der Waals surface area contributed by atoms with Crippen molar-refractivity contribution in [2.45, 2.75) is 40.2 Å². The van der Waals surface area contributed by atoms with Gasteiger partial charge in [-0.15, -0.1) is 0 Å². The molecular formula is C23H29FN2O4S. The van der Waals surface area contributed by atoms with Crippen molar-refractivity contribution in [3.8, 4) is 0 Å². The molecule has 2 aromatic rings. The molecular weight excluding hydrogens is 419 g/mol. The van der Waals surface area contributed by atoms with Gasteiger partial charge in [-0.05, 0) is 37.5 Å². The zero-order valence-corrected chi connectivity index (χ0v) is 19.1. The van der Waals surface area contributed by atoms with Crippen LogP contribution < -0.4 is 10.6 Å². The molecule has 0 spiro atoms. The van der Waals surface area contributed by atoms with Gasteiger partial charge in [0.15, 0.2) is 9.84 Å². The lowest BCUT2D eigenvalue weighted by Gasteiger charge is -2.16. The maximum atomic E-state index is 14.4. The molecule has 2 amide bonds. The quantitative estimate of drug-likeness (QED) is 0.606. The number of nitrogens with one attached hydrogen (secondary N) is 2. The summed E-state index contributed by atoms with van der Waals surface area (Å²) < 4.78 is 38.4. The zero-order chi connectivity index (χ0) is 23.2. The Morgan fingerprint density at radius 1 is 1.06 bits per heavy atom. The summed E-state index contributed by atoms with van der Waals surface area (Å²) in [5, 5.41) is 5.34. The number of anilines is 1. The Balaban J connectivity index is 2.10. The van der Waals surface area contributed by atoms with Crippen LogP contribution in [0.3, 0.4) is 0 Å². The molecule has 0 saturated carbocycles. The van der Waals surface area contributed by atoms with Gasteiger partial charge < -0.3 is 10.6 Å². The molecule has 0 saturated heterocycles. The summed E-state index contributed by atoms with van der Waals surface area (Å²) in [4.78, 5) is 24.9. The van der Waals surface area contributed by atoms with Crippen LogP contribution in [0.2, 0.25) is 0 Å². The molecule has 8 heteroatoms. The first-order valence-electron chi connectivity index (χ1n) is 10.1. The van der Waals surface area contributed by atoms with E-state index in [4.69, 9.17) is 0 Å². The average Bonchev–Trinajstić information content (AvgIpc) is 2.69. The summed E-state index contributed by atoms with van der Waals surface area (Å²) in [5.41, 5.74) is 1.28. The van der Waals surface area contributed by atoms with Crippen LogP contribution in [0.5, 0.6) is 0 Å². The largest absolute Gasteiger partial charge is 0.346 e. The molecule has 0 heterocycles. The molecule has 0 aliphatic rings. The highest BCUT2D eigenvalue weighted by molar-refractivity contribution is 7.91. The third kappa shape index (κ3) is 7.47. The summed E-state index contributed by atoms with van der Waals surface area (Å²) in [6, 6.07) is 11.6. The van der Waals surface area contributed by atoms with Crippen molar-refractivity contribution in [1.29, 1.82) is 0 Å². The van der Waals surface area contributed by atoms with E-state index in [0.717, 1.165) is 11.6 Å². The van der Waals surface area contributed by atoms with E-state index in [1.165, 1.54) is 13.0 Å². The Morgan fingerprint density at radius 2 is 1.71 bits per heavy atom. The zero-order valence-electron chi connectivity index (χ0n) is 18.2. The van der Waals surface area contributed by atoms with Crippen molar-refractivity contribution in [2.75, 3.05) is 16.8 Å². The van der Waals surface area contributed by atoms with E-state index in [1.54, 1.807) is 13.8 Å². The smallest absolute Gasteiger partial charge is 0.251 e. The molecule has 2 aromatic carbocycles. The minimum atomic E-state index is -3.35. The molecule has 0 fully saturated rings. The maximum absolute atomic E-state index is 14.4. The van der Waals surface area contributed by atoms with E-state index in [1.807, 2.05) is 37.3 Å². The van der Waals surface area contributed by atoms with Crippen LogP contribution in [-0.2, 0) is 14.6 Å². The van der Waals surface area contributed by atoms with Crippen LogP contribution in [0, 0.1) is 18.7 Å². The van der Waals surface area contributed by atoms with Crippen molar-refractivity contribution in [3.63, 3.8) is 0 Å². The highest BCUT2D eigenvalue weighted by Crippen LogP contribution is 2.22. The van der Waals surface area contributed by atoms with Gasteiger partial charge in [0, 0.05) is 23.2 Å². The van der Waals surface area contributed by atoms with E-state index >= 15 is 0 Å². The molecule has 1 unspecified atom stereocenters. The summed E-state index contributed by atoms with van der Waals surface area (Å²) in [6.07, 6.45) is -0.239. The lowest BCUT2D eigenvalue weighted by molar-refractivity contribution is -0.115. The van der Waals surface area contributed by atoms with Crippen LogP contribution in [0.4, 0.5) is 10.1 Å². The molecule has 0 aliphatic carbocycles. The first-order chi connectivity index (χ1) is 14.5. The molecule has 0 bridgehead atoms. The summed E-state index contributed by atoms with van der Waals surface area (Å²) in [5.74, 6) is -1.98. The maximum Gasteiger partial charge on any atom is 0.251 e. The monoisotopic (exact) mass is 448 g/mol. The number of hydrogen-bond donors (Lipinski definition) is 2. The molecule has 0 aliphatic heterocycles. The fraction of sp³-hybridized carbons (Fsp3) is 0.391. The van der Waals surface area contributed by atoms with Gasteiger partial charge in [-0.25, -0.2) is 12.8 Å². The van der Waals surface area contributed by atoms with Gasteiger partial charge >= 0.3 is 0 Å². The molecule has 168 valence electrons. The number of halogens is 1. The van der Waals surface area contributed by atoms with Crippen molar-refractivity contribution in [1.82, 2.24) is 5.32 Å². The molecule has 0 radical (unpaired) electrons. The second-order valence-corrected chi connectivity index (χ2v) is 10.3. The van der Waals surface area contributed by atoms with E-state index < -0.39 is 27.5 Å². The standard InChI is InChI=1S/C23H29FN2O4S/c1-15(2)14-31(29,30)11-10-22(27)26-21-13-19(12-20(24)16(21)3)23(28)25-17(4)18-8-6-5-7-9-18/h5-9,12-13,15,17H,10-11,14H2,1-4H3,(H,25,28)(H,26,27). The van der Waals surface area contributed by atoms with Gasteiger partial charge in [0.25, 0.3) is 5.91 Å². The van der Waals surface area contributed by atoms with Gasteiger partial charge in [0.2, 0.25) is 5.91 Å². The second-order valence-electron chi connectivity index (χ2n) is 8.04. The molecule has 2 N–H and O–H groups in total. The van der Waals surface area contributed by atoms with Crippen molar-refractivity contribution in [2.24, 2.45) is 5.92 Å². The number of carbonyl (C=O) groups is 2. The topological polar surface area (TPSA) is 92.3 Å². The van der Waals surface area contributed by atoms with Gasteiger partial charge in [-0.2, -0.15) is 0 Å². The van der Waals surface area contributed by atoms with Gasteiger partial charge in [-0.1, -0.05) is 44.2 Å². The van der Waals surface area contributed by atoms with Crippen molar-refractivity contribution < 1.29 is 22.4 Å². The number of hydrogen-bond acceptors (Lipinski definition) is 4. The first-order valence-corrected chi connectivity index (χ1v) is 12.0. The van der Waals surface area contributed by atoms with Gasteiger partial charge in [0.1, 0.15) is 5.82 Å². The molecule has 2 rings (SSSR count). The van der Waals surface area contributed by atoms with E-state index in [2.05, 4.69) is 10.6 Å². The summed E-state index contributed by atoms with van der Waals surface area (Å²) >= 11 is 0.